The molecule has 218 valence electrons. The number of hydrogen-bond donors (Lipinski definition) is 0. The van der Waals surface area contributed by atoms with Crippen LogP contribution in [0.5, 0.6) is 0 Å². The number of piperidine rings is 2. The van der Waals surface area contributed by atoms with Crippen molar-refractivity contribution in [3.05, 3.63) is 63.9 Å². The highest BCUT2D eigenvalue weighted by Gasteiger charge is 2.47. The average molecular weight is 589 g/mol. The summed E-state index contributed by atoms with van der Waals surface area (Å²) in [5.74, 6) is 0.413. The Labute approximate surface area is 249 Å². The highest BCUT2D eigenvalue weighted by Crippen LogP contribution is 2.34. The fraction of sp³-hybridized carbons (Fsp3) is 0.581. The van der Waals surface area contributed by atoms with Gasteiger partial charge in [0.05, 0.1) is 16.5 Å². The van der Waals surface area contributed by atoms with Gasteiger partial charge in [-0.15, -0.1) is 0 Å². The molecule has 2 aliphatic rings. The maximum Gasteiger partial charge on any atom is 0.242 e. The first-order valence-corrected chi connectivity index (χ1v) is 15.2. The topological polar surface area (TPSA) is 60.0 Å². The van der Waals surface area contributed by atoms with Crippen LogP contribution in [0.25, 0.3) is 0 Å². The number of pyridine rings is 1. The summed E-state index contributed by atoms with van der Waals surface area (Å²) in [6.07, 6.45) is 9.95. The molecule has 2 aliphatic heterocycles. The summed E-state index contributed by atoms with van der Waals surface area (Å²) >= 11 is 12.6. The van der Waals surface area contributed by atoms with Crippen molar-refractivity contribution in [2.45, 2.75) is 56.4 Å². The molecular formula is C31H43Cl2N5O2. The second-order valence-corrected chi connectivity index (χ2v) is 12.4. The van der Waals surface area contributed by atoms with Gasteiger partial charge in [-0.05, 0) is 81.1 Å². The largest absolute Gasteiger partial charge is 0.347 e. The van der Waals surface area contributed by atoms with Gasteiger partial charge < -0.3 is 14.7 Å². The number of halogens is 2. The van der Waals surface area contributed by atoms with Crippen molar-refractivity contribution in [2.24, 2.45) is 0 Å². The third kappa shape index (κ3) is 7.55. The van der Waals surface area contributed by atoms with Crippen LogP contribution >= 0.6 is 23.2 Å². The SMILES string of the molecule is CN(C)C(=O)C1(N2CCCCC2)CCN(CCC(CN(C)C(=O)Cc2cccnc2)c2ccc(Cl)c(Cl)c2)CC1. The van der Waals surface area contributed by atoms with E-state index in [2.05, 4.69) is 14.8 Å². The third-order valence-corrected chi connectivity index (χ3v) is 9.39. The van der Waals surface area contributed by atoms with Crippen molar-refractivity contribution in [1.29, 1.82) is 0 Å². The molecule has 7 nitrogen and oxygen atoms in total. The number of rotatable bonds is 10. The number of aromatic nitrogens is 1. The van der Waals surface area contributed by atoms with Crippen molar-refractivity contribution in [3.63, 3.8) is 0 Å². The van der Waals surface area contributed by atoms with E-state index in [1.54, 1.807) is 17.3 Å². The second-order valence-electron chi connectivity index (χ2n) is 11.6. The van der Waals surface area contributed by atoms with Crippen molar-refractivity contribution < 1.29 is 9.59 Å². The van der Waals surface area contributed by atoms with E-state index in [-0.39, 0.29) is 23.3 Å². The number of likely N-dealkylation sites (N-methyl/N-ethyl adjacent to an activating group) is 2. The van der Waals surface area contributed by atoms with Gasteiger partial charge in [0.25, 0.3) is 0 Å². The lowest BCUT2D eigenvalue weighted by Crippen LogP contribution is -2.64. The van der Waals surface area contributed by atoms with Crippen molar-refractivity contribution >= 4 is 35.0 Å². The second kappa shape index (κ2) is 14.1. The van der Waals surface area contributed by atoms with Crippen LogP contribution in [0.1, 0.15) is 55.6 Å². The summed E-state index contributed by atoms with van der Waals surface area (Å²) < 4.78 is 0. The molecule has 1 atom stereocenters. The Morgan fingerprint density at radius 1 is 1.00 bits per heavy atom. The van der Waals surface area contributed by atoms with Crippen LogP contribution < -0.4 is 0 Å². The molecule has 2 amide bonds. The highest BCUT2D eigenvalue weighted by atomic mass is 35.5. The number of hydrogen-bond acceptors (Lipinski definition) is 5. The summed E-state index contributed by atoms with van der Waals surface area (Å²) in [5, 5.41) is 1.06. The Hall–Kier alpha value is -2.19. The van der Waals surface area contributed by atoms with Gasteiger partial charge in [0.15, 0.2) is 0 Å². The minimum atomic E-state index is -0.386. The number of amides is 2. The molecule has 3 heterocycles. The molecule has 1 unspecified atom stereocenters. The molecule has 0 bridgehead atoms. The van der Waals surface area contributed by atoms with Crippen molar-refractivity contribution in [3.8, 4) is 0 Å². The Kier molecular flexibility index (Phi) is 10.9. The number of nitrogens with zero attached hydrogens (tertiary/aromatic N) is 5. The minimum Gasteiger partial charge on any atom is -0.347 e. The van der Waals surface area contributed by atoms with Gasteiger partial charge in [0.1, 0.15) is 5.54 Å². The van der Waals surface area contributed by atoms with Crippen LogP contribution in [0, 0.1) is 0 Å². The van der Waals surface area contributed by atoms with Gasteiger partial charge in [0, 0.05) is 59.1 Å². The standard InChI is InChI=1S/C31H43Cl2N5O2/c1-35(2)30(40)31(38-15-5-4-6-16-38)12-18-37(19-13-31)17-11-26(25-9-10-27(32)28(33)21-25)23-36(3)29(39)20-24-8-7-14-34-22-24/h7-10,14,21-22,26H,4-6,11-13,15-20,23H2,1-3H3. The lowest BCUT2D eigenvalue weighted by molar-refractivity contribution is -0.147. The van der Waals surface area contributed by atoms with Crippen LogP contribution in [-0.2, 0) is 16.0 Å². The first-order chi connectivity index (χ1) is 19.2. The van der Waals surface area contributed by atoms with Crippen LogP contribution in [0.4, 0.5) is 0 Å². The molecule has 0 saturated carbocycles. The fourth-order valence-electron chi connectivity index (χ4n) is 6.26. The van der Waals surface area contributed by atoms with Gasteiger partial charge >= 0.3 is 0 Å². The Morgan fingerprint density at radius 2 is 1.73 bits per heavy atom. The van der Waals surface area contributed by atoms with Crippen LogP contribution in [0.3, 0.4) is 0 Å². The van der Waals surface area contributed by atoms with Crippen molar-refractivity contribution in [1.82, 2.24) is 24.6 Å². The minimum absolute atomic E-state index is 0.0598. The first-order valence-electron chi connectivity index (χ1n) is 14.5. The Balaban J connectivity index is 1.42. The number of benzene rings is 1. The summed E-state index contributed by atoms with van der Waals surface area (Å²) in [4.78, 5) is 39.2. The van der Waals surface area contributed by atoms with E-state index in [0.717, 1.165) is 63.1 Å². The first kappa shape index (κ1) is 30.8. The van der Waals surface area contributed by atoms with E-state index in [0.29, 0.717) is 23.0 Å². The van der Waals surface area contributed by atoms with Gasteiger partial charge in [-0.2, -0.15) is 0 Å². The highest BCUT2D eigenvalue weighted by molar-refractivity contribution is 6.42. The molecular weight excluding hydrogens is 545 g/mol. The van der Waals surface area contributed by atoms with Gasteiger partial charge in [0.2, 0.25) is 11.8 Å². The normalized spacial score (nSPS) is 18.7. The molecule has 1 aromatic carbocycles. The van der Waals surface area contributed by atoms with Crippen LogP contribution in [0.2, 0.25) is 10.0 Å². The molecule has 9 heteroatoms. The predicted molar refractivity (Wildman–Crippen MR) is 162 cm³/mol. The maximum atomic E-state index is 13.5. The van der Waals surface area contributed by atoms with Gasteiger partial charge in [-0.3, -0.25) is 19.5 Å². The summed E-state index contributed by atoms with van der Waals surface area (Å²) in [6, 6.07) is 9.57. The van der Waals surface area contributed by atoms with E-state index in [4.69, 9.17) is 23.2 Å². The van der Waals surface area contributed by atoms with E-state index in [1.807, 2.05) is 56.4 Å². The van der Waals surface area contributed by atoms with E-state index >= 15 is 0 Å². The summed E-state index contributed by atoms with van der Waals surface area (Å²) in [6.45, 7) is 5.28. The van der Waals surface area contributed by atoms with E-state index < -0.39 is 0 Å². The summed E-state index contributed by atoms with van der Waals surface area (Å²) in [7, 11) is 5.63. The number of carbonyl (C=O) groups is 2. The van der Waals surface area contributed by atoms with Gasteiger partial charge in [-0.25, -0.2) is 0 Å². The van der Waals surface area contributed by atoms with Gasteiger partial charge in [-0.1, -0.05) is 41.8 Å². The third-order valence-electron chi connectivity index (χ3n) is 8.66. The molecule has 2 fully saturated rings. The molecule has 0 aliphatic carbocycles. The van der Waals surface area contributed by atoms with Crippen molar-refractivity contribution in [2.75, 3.05) is 60.4 Å². The molecule has 40 heavy (non-hydrogen) atoms. The van der Waals surface area contributed by atoms with Crippen LogP contribution in [0.15, 0.2) is 42.7 Å². The average Bonchev–Trinajstić information content (AvgIpc) is 2.97. The Bertz CT molecular complexity index is 1130. The fourth-order valence-corrected chi connectivity index (χ4v) is 6.57. The van der Waals surface area contributed by atoms with E-state index in [1.165, 1.54) is 19.3 Å². The molecule has 4 rings (SSSR count). The zero-order chi connectivity index (χ0) is 28.7. The molecule has 2 aromatic rings. The molecule has 0 radical (unpaired) electrons. The Morgan fingerprint density at radius 3 is 2.35 bits per heavy atom. The zero-order valence-corrected chi connectivity index (χ0v) is 25.6. The predicted octanol–water partition coefficient (Wildman–Crippen LogP) is 4.97. The van der Waals surface area contributed by atoms with Crippen LogP contribution in [-0.4, -0.2) is 102 Å². The smallest absolute Gasteiger partial charge is 0.242 e. The molecule has 0 spiro atoms. The quantitative estimate of drug-likeness (QED) is 0.392. The zero-order valence-electron chi connectivity index (χ0n) is 24.1. The lowest BCUT2D eigenvalue weighted by Gasteiger charge is -2.50. The monoisotopic (exact) mass is 587 g/mol. The van der Waals surface area contributed by atoms with E-state index in [9.17, 15) is 9.59 Å². The molecule has 1 aromatic heterocycles. The maximum absolute atomic E-state index is 13.5. The molecule has 2 saturated heterocycles. The number of carbonyl (C=O) groups excluding carboxylic acids is 2. The lowest BCUT2D eigenvalue weighted by atomic mass is 9.82. The molecule has 0 N–H and O–H groups in total. The number of likely N-dealkylation sites (tertiary alicyclic amines) is 2. The summed E-state index contributed by atoms with van der Waals surface area (Å²) in [5.41, 5.74) is 1.60.